The molecule has 0 radical (unpaired) electrons. The van der Waals surface area contributed by atoms with Gasteiger partial charge in [0.1, 0.15) is 17.5 Å². The SMILES string of the molecule is COc1ccc(CN(C(=O)COc2ccccc2)[C@H](C(=O)NCc2ccccc2)c2ccccc2)cc1. The van der Waals surface area contributed by atoms with Gasteiger partial charge in [0, 0.05) is 13.1 Å². The maximum Gasteiger partial charge on any atom is 0.261 e. The van der Waals surface area contributed by atoms with Gasteiger partial charge in [-0.3, -0.25) is 9.59 Å². The number of hydrogen-bond acceptors (Lipinski definition) is 4. The Morgan fingerprint density at radius 3 is 1.95 bits per heavy atom. The second kappa shape index (κ2) is 12.9. The van der Waals surface area contributed by atoms with Crippen molar-refractivity contribution in [2.75, 3.05) is 13.7 Å². The molecule has 0 heterocycles. The van der Waals surface area contributed by atoms with Crippen LogP contribution in [0.2, 0.25) is 0 Å². The van der Waals surface area contributed by atoms with Crippen LogP contribution in [-0.4, -0.2) is 30.4 Å². The Bertz CT molecular complexity index is 1260. The fourth-order valence-corrected chi connectivity index (χ4v) is 3.99. The van der Waals surface area contributed by atoms with E-state index in [4.69, 9.17) is 9.47 Å². The highest BCUT2D eigenvalue weighted by molar-refractivity contribution is 5.89. The Hall–Kier alpha value is -4.58. The van der Waals surface area contributed by atoms with Gasteiger partial charge >= 0.3 is 0 Å². The van der Waals surface area contributed by atoms with Crippen LogP contribution >= 0.6 is 0 Å². The van der Waals surface area contributed by atoms with Crippen molar-refractivity contribution in [3.8, 4) is 11.5 Å². The number of benzene rings is 4. The molecule has 1 N–H and O–H groups in total. The number of rotatable bonds is 11. The maximum absolute atomic E-state index is 13.7. The lowest BCUT2D eigenvalue weighted by atomic mass is 10.0. The van der Waals surface area contributed by atoms with E-state index in [0.717, 1.165) is 16.7 Å². The fourth-order valence-electron chi connectivity index (χ4n) is 3.99. The lowest BCUT2D eigenvalue weighted by Gasteiger charge is -2.31. The molecular formula is C31H30N2O4. The van der Waals surface area contributed by atoms with Gasteiger partial charge in [0.25, 0.3) is 5.91 Å². The molecule has 0 unspecified atom stereocenters. The zero-order valence-electron chi connectivity index (χ0n) is 20.7. The fraction of sp³-hybridized carbons (Fsp3) is 0.161. The third-order valence-corrected chi connectivity index (χ3v) is 5.92. The Kier molecular flexibility index (Phi) is 8.92. The minimum Gasteiger partial charge on any atom is -0.497 e. The van der Waals surface area contributed by atoms with E-state index in [1.807, 2.05) is 103 Å². The van der Waals surface area contributed by atoms with Gasteiger partial charge in [-0.05, 0) is 41.0 Å². The molecule has 0 aliphatic heterocycles. The third-order valence-electron chi connectivity index (χ3n) is 5.92. The van der Waals surface area contributed by atoms with E-state index in [-0.39, 0.29) is 25.0 Å². The highest BCUT2D eigenvalue weighted by Crippen LogP contribution is 2.25. The molecule has 4 aromatic carbocycles. The zero-order valence-corrected chi connectivity index (χ0v) is 20.7. The second-order valence-electron chi connectivity index (χ2n) is 8.49. The predicted octanol–water partition coefficient (Wildman–Crippen LogP) is 5.16. The first-order chi connectivity index (χ1) is 18.1. The van der Waals surface area contributed by atoms with Crippen LogP contribution in [-0.2, 0) is 22.7 Å². The number of hydrogen-bond donors (Lipinski definition) is 1. The van der Waals surface area contributed by atoms with E-state index >= 15 is 0 Å². The smallest absolute Gasteiger partial charge is 0.261 e. The minimum absolute atomic E-state index is 0.199. The Morgan fingerprint density at radius 2 is 1.32 bits per heavy atom. The molecule has 37 heavy (non-hydrogen) atoms. The zero-order chi connectivity index (χ0) is 25.9. The quantitative estimate of drug-likeness (QED) is 0.313. The molecule has 0 fully saturated rings. The Morgan fingerprint density at radius 1 is 0.730 bits per heavy atom. The summed E-state index contributed by atoms with van der Waals surface area (Å²) in [6, 6.07) is 34.8. The van der Waals surface area contributed by atoms with Gasteiger partial charge in [-0.2, -0.15) is 0 Å². The van der Waals surface area contributed by atoms with Gasteiger partial charge in [0.15, 0.2) is 6.61 Å². The molecular weight excluding hydrogens is 464 g/mol. The number of nitrogens with one attached hydrogen (secondary N) is 1. The van der Waals surface area contributed by atoms with E-state index in [1.54, 1.807) is 24.1 Å². The van der Waals surface area contributed by atoms with Gasteiger partial charge in [-0.25, -0.2) is 0 Å². The van der Waals surface area contributed by atoms with E-state index < -0.39 is 6.04 Å². The van der Waals surface area contributed by atoms with Gasteiger partial charge in [0.05, 0.1) is 7.11 Å². The summed E-state index contributed by atoms with van der Waals surface area (Å²) in [7, 11) is 1.61. The number of para-hydroxylation sites is 1. The van der Waals surface area contributed by atoms with Gasteiger partial charge in [0.2, 0.25) is 5.91 Å². The molecule has 0 aliphatic rings. The average Bonchev–Trinajstić information content (AvgIpc) is 2.96. The van der Waals surface area contributed by atoms with Gasteiger partial charge in [-0.15, -0.1) is 0 Å². The van der Waals surface area contributed by atoms with E-state index in [9.17, 15) is 9.59 Å². The largest absolute Gasteiger partial charge is 0.497 e. The van der Waals surface area contributed by atoms with Crippen LogP contribution in [0.25, 0.3) is 0 Å². The van der Waals surface area contributed by atoms with Crippen molar-refractivity contribution in [3.05, 3.63) is 132 Å². The summed E-state index contributed by atoms with van der Waals surface area (Å²) in [5.41, 5.74) is 2.56. The normalized spacial score (nSPS) is 11.3. The summed E-state index contributed by atoms with van der Waals surface area (Å²) in [5, 5.41) is 3.02. The first kappa shape index (κ1) is 25.5. The maximum atomic E-state index is 13.7. The number of amides is 2. The Labute approximate surface area is 217 Å². The number of carbonyl (C=O) groups is 2. The lowest BCUT2D eigenvalue weighted by molar-refractivity contribution is -0.143. The molecule has 0 bridgehead atoms. The molecule has 188 valence electrons. The summed E-state index contributed by atoms with van der Waals surface area (Å²) in [6.07, 6.45) is 0. The molecule has 0 saturated carbocycles. The predicted molar refractivity (Wildman–Crippen MR) is 143 cm³/mol. The van der Waals surface area contributed by atoms with E-state index in [0.29, 0.717) is 18.0 Å². The number of ether oxygens (including phenoxy) is 2. The molecule has 2 amide bonds. The van der Waals surface area contributed by atoms with Crippen LogP contribution in [0.3, 0.4) is 0 Å². The molecule has 0 aliphatic carbocycles. The van der Waals surface area contributed by atoms with Crippen LogP contribution < -0.4 is 14.8 Å². The summed E-state index contributed by atoms with van der Waals surface area (Å²) < 4.78 is 11.0. The molecule has 6 heteroatoms. The van der Waals surface area contributed by atoms with Crippen molar-refractivity contribution >= 4 is 11.8 Å². The second-order valence-corrected chi connectivity index (χ2v) is 8.49. The topological polar surface area (TPSA) is 67.9 Å². The van der Waals surface area contributed by atoms with E-state index in [2.05, 4.69) is 5.32 Å². The van der Waals surface area contributed by atoms with Crippen molar-refractivity contribution in [3.63, 3.8) is 0 Å². The molecule has 0 aromatic heterocycles. The Balaban J connectivity index is 1.63. The highest BCUT2D eigenvalue weighted by Gasteiger charge is 2.31. The number of carbonyl (C=O) groups excluding carboxylic acids is 2. The molecule has 0 spiro atoms. The summed E-state index contributed by atoms with van der Waals surface area (Å²) in [4.78, 5) is 28.9. The third kappa shape index (κ3) is 7.21. The van der Waals surface area contributed by atoms with Crippen LogP contribution in [0.4, 0.5) is 0 Å². The van der Waals surface area contributed by atoms with Crippen LogP contribution in [0.15, 0.2) is 115 Å². The van der Waals surface area contributed by atoms with Crippen LogP contribution in [0, 0.1) is 0 Å². The highest BCUT2D eigenvalue weighted by atomic mass is 16.5. The molecule has 4 aromatic rings. The van der Waals surface area contributed by atoms with Gasteiger partial charge in [-0.1, -0.05) is 91.0 Å². The number of methoxy groups -OCH3 is 1. The van der Waals surface area contributed by atoms with Gasteiger partial charge < -0.3 is 19.7 Å². The first-order valence-electron chi connectivity index (χ1n) is 12.1. The molecule has 0 saturated heterocycles. The standard InChI is InChI=1S/C31H30N2O4/c1-36-27-19-17-25(18-20-27)22-33(29(34)23-37-28-15-9-4-10-16-28)30(26-13-7-3-8-14-26)31(35)32-21-24-11-5-2-6-12-24/h2-20,30H,21-23H2,1H3,(H,32,35)/t30-/m0/s1. The summed E-state index contributed by atoms with van der Waals surface area (Å²) in [5.74, 6) is 0.735. The van der Waals surface area contributed by atoms with Crippen molar-refractivity contribution < 1.29 is 19.1 Å². The lowest BCUT2D eigenvalue weighted by Crippen LogP contribution is -2.45. The van der Waals surface area contributed by atoms with Crippen molar-refractivity contribution in [2.45, 2.75) is 19.1 Å². The van der Waals surface area contributed by atoms with Crippen LogP contribution in [0.5, 0.6) is 11.5 Å². The average molecular weight is 495 g/mol. The molecule has 1 atom stereocenters. The van der Waals surface area contributed by atoms with Crippen molar-refractivity contribution in [2.24, 2.45) is 0 Å². The van der Waals surface area contributed by atoms with Crippen LogP contribution in [0.1, 0.15) is 22.7 Å². The monoisotopic (exact) mass is 494 g/mol. The minimum atomic E-state index is -0.848. The summed E-state index contributed by atoms with van der Waals surface area (Å²) >= 11 is 0. The summed E-state index contributed by atoms with van der Waals surface area (Å²) in [6.45, 7) is 0.378. The van der Waals surface area contributed by atoms with E-state index in [1.165, 1.54) is 0 Å². The first-order valence-corrected chi connectivity index (χ1v) is 12.1. The molecule has 4 rings (SSSR count). The molecule has 6 nitrogen and oxygen atoms in total. The van der Waals surface area contributed by atoms with Crippen molar-refractivity contribution in [1.29, 1.82) is 0 Å². The van der Waals surface area contributed by atoms with Crippen molar-refractivity contribution in [1.82, 2.24) is 10.2 Å². The number of nitrogens with zero attached hydrogens (tertiary/aromatic N) is 1.